The van der Waals surface area contributed by atoms with Gasteiger partial charge in [-0.3, -0.25) is 24.3 Å². The Morgan fingerprint density at radius 1 is 1.20 bits per heavy atom. The van der Waals surface area contributed by atoms with E-state index < -0.39 is 49.0 Å². The molecule has 1 atom stereocenters. The Hall–Kier alpha value is -2.25. The summed E-state index contributed by atoms with van der Waals surface area (Å²) in [5, 5.41) is 20.9. The number of Topliss-reactive ketones (excluding diaryl/α,β-unsaturated/α-hetero) is 1. The molecule has 30 heavy (non-hydrogen) atoms. The number of amides is 1. The summed E-state index contributed by atoms with van der Waals surface area (Å²) in [7, 11) is -4.67. The number of rotatable bonds is 7. The van der Waals surface area contributed by atoms with Gasteiger partial charge >= 0.3 is 0 Å². The average Bonchev–Trinajstić information content (AvgIpc) is 2.62. The van der Waals surface area contributed by atoms with Gasteiger partial charge in [-0.25, -0.2) is 0 Å². The number of carbonyl (C=O) groups excluding carboxylic acids is 2. The normalized spacial score (nSPS) is 12.1. The van der Waals surface area contributed by atoms with E-state index in [-0.39, 0.29) is 37.7 Å². The number of para-hydroxylation sites is 1. The Morgan fingerprint density at radius 3 is 2.37 bits per heavy atom. The molecule has 0 aliphatic rings. The fourth-order valence-electron chi connectivity index (χ4n) is 2.25. The number of benzene rings is 2. The van der Waals surface area contributed by atoms with Crippen LogP contribution in [0.5, 0.6) is 0 Å². The molecular weight excluding hydrogens is 444 g/mol. The molecule has 2 aromatic rings. The predicted molar refractivity (Wildman–Crippen MR) is 107 cm³/mol. The van der Waals surface area contributed by atoms with E-state index in [1.54, 1.807) is 31.2 Å². The Kier molecular flexibility index (Phi) is 9.18. The van der Waals surface area contributed by atoms with Crippen LogP contribution in [0.2, 0.25) is 0 Å². The first-order valence-corrected chi connectivity index (χ1v) is 9.48. The van der Waals surface area contributed by atoms with Crippen LogP contribution in [0.1, 0.15) is 12.5 Å². The van der Waals surface area contributed by atoms with Gasteiger partial charge in [-0.15, -0.1) is 5.11 Å². The number of aryl methyl sites for hydroxylation is 1. The van der Waals surface area contributed by atoms with E-state index in [2.05, 4.69) is 15.5 Å². The number of nitro groups is 1. The number of hydrogen-bond acceptors (Lipinski definition) is 8. The van der Waals surface area contributed by atoms with E-state index in [4.69, 9.17) is 4.55 Å². The van der Waals surface area contributed by atoms with Crippen LogP contribution in [-0.2, 0) is 19.7 Å². The molecule has 0 saturated carbocycles. The minimum atomic E-state index is -4.67. The van der Waals surface area contributed by atoms with Crippen LogP contribution < -0.4 is 5.32 Å². The molecule has 0 fully saturated rings. The van der Waals surface area contributed by atoms with Gasteiger partial charge in [0.2, 0.25) is 6.04 Å². The molecule has 0 spiro atoms. The molecule has 13 heteroatoms. The second-order valence-electron chi connectivity index (χ2n) is 5.92. The largest absolute Gasteiger partial charge is 0.324 e. The topological polar surface area (TPSA) is 168 Å². The van der Waals surface area contributed by atoms with Crippen LogP contribution in [0.4, 0.5) is 17.1 Å². The summed E-state index contributed by atoms with van der Waals surface area (Å²) in [4.78, 5) is 33.8. The monoisotopic (exact) mass is 460 g/mol. The maximum absolute atomic E-state index is 12.4. The molecule has 2 aromatic carbocycles. The van der Waals surface area contributed by atoms with Crippen molar-refractivity contribution < 1.29 is 27.5 Å². The number of azo groups is 1. The summed E-state index contributed by atoms with van der Waals surface area (Å²) >= 11 is 0. The summed E-state index contributed by atoms with van der Waals surface area (Å²) in [6, 6.07) is 7.67. The maximum Gasteiger partial charge on any atom is 0.298 e. The fraction of sp³-hybridized carbons (Fsp3) is 0.176. The van der Waals surface area contributed by atoms with E-state index in [1.807, 2.05) is 0 Å². The van der Waals surface area contributed by atoms with Crippen molar-refractivity contribution in [1.82, 2.24) is 0 Å². The van der Waals surface area contributed by atoms with Crippen molar-refractivity contribution in [2.24, 2.45) is 10.2 Å². The van der Waals surface area contributed by atoms with Gasteiger partial charge in [-0.2, -0.15) is 13.5 Å². The first-order valence-electron chi connectivity index (χ1n) is 8.04. The summed E-state index contributed by atoms with van der Waals surface area (Å²) < 4.78 is 31.3. The van der Waals surface area contributed by atoms with Gasteiger partial charge in [-0.05, 0) is 37.6 Å². The van der Waals surface area contributed by atoms with Crippen molar-refractivity contribution in [1.29, 1.82) is 0 Å². The third-order valence-electron chi connectivity index (χ3n) is 3.76. The molecule has 0 saturated heterocycles. The molecule has 11 nitrogen and oxygen atoms in total. The van der Waals surface area contributed by atoms with Crippen molar-refractivity contribution in [3.05, 3.63) is 58.1 Å². The van der Waals surface area contributed by atoms with Crippen LogP contribution in [0.25, 0.3) is 0 Å². The van der Waals surface area contributed by atoms with Crippen LogP contribution >= 0.6 is 0 Å². The molecule has 0 bridgehead atoms. The number of hydrogen-bond donors (Lipinski definition) is 2. The molecule has 1 amide bonds. The molecule has 0 aromatic heterocycles. The molecule has 2 rings (SSSR count). The molecule has 154 valence electrons. The van der Waals surface area contributed by atoms with E-state index >= 15 is 0 Å². The van der Waals surface area contributed by atoms with Crippen LogP contribution in [0.15, 0.2) is 57.6 Å². The van der Waals surface area contributed by atoms with E-state index in [0.29, 0.717) is 11.8 Å². The van der Waals surface area contributed by atoms with Crippen molar-refractivity contribution >= 4 is 76.6 Å². The number of carbonyl (C=O) groups is 2. The first kappa shape index (κ1) is 25.8. The van der Waals surface area contributed by atoms with Crippen molar-refractivity contribution in [2.75, 3.05) is 5.32 Å². The van der Waals surface area contributed by atoms with Crippen LogP contribution in [-0.4, -0.2) is 73.4 Å². The molecule has 2 N–H and O–H groups in total. The minimum Gasteiger partial charge on any atom is -0.324 e. The van der Waals surface area contributed by atoms with Crippen LogP contribution in [0, 0.1) is 17.0 Å². The van der Waals surface area contributed by atoms with E-state index in [9.17, 15) is 28.1 Å². The van der Waals surface area contributed by atoms with Crippen molar-refractivity contribution in [2.45, 2.75) is 24.8 Å². The third-order valence-corrected chi connectivity index (χ3v) is 4.61. The van der Waals surface area contributed by atoms with Crippen molar-refractivity contribution in [3.8, 4) is 0 Å². The second-order valence-corrected chi connectivity index (χ2v) is 7.34. The third kappa shape index (κ3) is 6.64. The van der Waals surface area contributed by atoms with Crippen molar-refractivity contribution in [3.63, 3.8) is 0 Å². The average molecular weight is 460 g/mol. The minimum absolute atomic E-state index is 0. The zero-order chi connectivity index (χ0) is 21.8. The smallest absolute Gasteiger partial charge is 0.298 e. The number of nitrogens with one attached hydrogen (secondary N) is 1. The number of nitrogens with zero attached hydrogens (tertiary/aromatic N) is 3. The standard InChI is InChI=1S/C17H16N4O7S.Ca/c1-10-5-3-4-6-13(10)18-17(23)16(11(2)22)20-19-14-8-7-12(29(26,27)28)9-15(14)21(24)25;/h3-9,16H,1-2H3,(H,18,23)(H,26,27,28);. The van der Waals surface area contributed by atoms with Crippen LogP contribution in [0.3, 0.4) is 0 Å². The van der Waals surface area contributed by atoms with Gasteiger partial charge in [0.1, 0.15) is 4.90 Å². The summed E-state index contributed by atoms with van der Waals surface area (Å²) in [5.74, 6) is -1.44. The van der Waals surface area contributed by atoms with Gasteiger partial charge in [0.05, 0.1) is 4.92 Å². The van der Waals surface area contributed by atoms with Gasteiger partial charge in [0, 0.05) is 49.5 Å². The van der Waals surface area contributed by atoms with Gasteiger partial charge in [0.25, 0.3) is 21.7 Å². The quantitative estimate of drug-likeness (QED) is 0.160. The zero-order valence-corrected chi connectivity index (χ0v) is 19.0. The summed E-state index contributed by atoms with van der Waals surface area (Å²) in [5.41, 5.74) is 0.0433. The Morgan fingerprint density at radius 2 is 1.83 bits per heavy atom. The molecule has 2 radical (unpaired) electrons. The van der Waals surface area contributed by atoms with E-state index in [0.717, 1.165) is 24.6 Å². The molecule has 0 aliphatic heterocycles. The molecule has 1 unspecified atom stereocenters. The molecule has 0 heterocycles. The summed E-state index contributed by atoms with van der Waals surface area (Å²) in [6.07, 6.45) is 0. The zero-order valence-electron chi connectivity index (χ0n) is 16.0. The number of anilines is 1. The number of nitro benzene ring substituents is 1. The Labute approximate surface area is 201 Å². The van der Waals surface area contributed by atoms with Gasteiger partial charge in [0.15, 0.2) is 11.5 Å². The Balaban J connectivity index is 0.00000450. The van der Waals surface area contributed by atoms with Gasteiger partial charge < -0.3 is 5.32 Å². The maximum atomic E-state index is 12.4. The van der Waals surface area contributed by atoms with E-state index in [1.165, 1.54) is 0 Å². The predicted octanol–water partition coefficient (Wildman–Crippen LogP) is 2.45. The first-order chi connectivity index (χ1) is 13.5. The summed E-state index contributed by atoms with van der Waals surface area (Å²) in [6.45, 7) is 2.86. The number of ketones is 1. The molecule has 0 aliphatic carbocycles. The SMILES string of the molecule is CC(=O)C(N=Nc1ccc(S(=O)(=O)O)cc1[N+](=O)[O-])C(=O)Nc1ccccc1C.[Ca]. The van der Waals surface area contributed by atoms with Gasteiger partial charge in [-0.1, -0.05) is 18.2 Å². The second kappa shape index (κ2) is 10.7. The fourth-order valence-corrected chi connectivity index (χ4v) is 2.75. The molecular formula is C17H16CaN4O7S. The Bertz CT molecular complexity index is 1120.